The molecule has 1 aliphatic heterocycles. The first-order valence-electron chi connectivity index (χ1n) is 9.69. The van der Waals surface area contributed by atoms with Gasteiger partial charge in [0.25, 0.3) is 5.69 Å². The van der Waals surface area contributed by atoms with Gasteiger partial charge in [0.2, 0.25) is 5.69 Å². The monoisotopic (exact) mass is 406 g/mol. The number of aliphatic hydroxyl groups excluding tert-OH is 1. The van der Waals surface area contributed by atoms with E-state index in [0.29, 0.717) is 43.3 Å². The van der Waals surface area contributed by atoms with E-state index in [1.807, 2.05) is 6.92 Å². The summed E-state index contributed by atoms with van der Waals surface area (Å²) in [5.41, 5.74) is 1.05. The number of ether oxygens (including phenoxy) is 2. The Morgan fingerprint density at radius 1 is 1.28 bits per heavy atom. The lowest BCUT2D eigenvalue weighted by Crippen LogP contribution is -2.49. The molecule has 1 amide bonds. The molecule has 0 unspecified atom stereocenters. The maximum Gasteiger partial charge on any atom is 0.409 e. The summed E-state index contributed by atoms with van der Waals surface area (Å²) in [6, 6.07) is 7.11. The molecule has 10 nitrogen and oxygen atoms in total. The van der Waals surface area contributed by atoms with E-state index in [1.165, 1.54) is 0 Å². The van der Waals surface area contributed by atoms with Gasteiger partial charge in [-0.1, -0.05) is 0 Å². The smallest absolute Gasteiger partial charge is 0.409 e. The number of rotatable bonds is 8. The summed E-state index contributed by atoms with van der Waals surface area (Å²) in [6.45, 7) is 6.26. The lowest BCUT2D eigenvalue weighted by Gasteiger charge is -2.33. The number of hydrogen-bond acceptors (Lipinski definition) is 8. The Labute approximate surface area is 168 Å². The van der Waals surface area contributed by atoms with E-state index in [2.05, 4.69) is 14.7 Å². The van der Waals surface area contributed by atoms with Gasteiger partial charge in [-0.2, -0.15) is 0 Å². The van der Waals surface area contributed by atoms with Crippen molar-refractivity contribution < 1.29 is 28.9 Å². The fraction of sp³-hybridized carbons (Fsp3) is 0.526. The molecule has 0 spiro atoms. The number of piperazine rings is 1. The van der Waals surface area contributed by atoms with Crippen LogP contribution in [0.4, 0.5) is 4.79 Å². The molecule has 1 saturated heterocycles. The van der Waals surface area contributed by atoms with E-state index in [9.17, 15) is 15.1 Å². The van der Waals surface area contributed by atoms with Crippen molar-refractivity contribution in [3.05, 3.63) is 35.2 Å². The van der Waals surface area contributed by atoms with Crippen molar-refractivity contribution in [1.82, 2.24) is 15.0 Å². The third-order valence-corrected chi connectivity index (χ3v) is 4.76. The van der Waals surface area contributed by atoms with Crippen molar-refractivity contribution in [1.29, 1.82) is 0 Å². The fourth-order valence-corrected chi connectivity index (χ4v) is 3.17. The molecule has 1 aromatic carbocycles. The number of nitrogens with zero attached hydrogens (tertiary/aromatic N) is 4. The Balaban J connectivity index is 1.39. The van der Waals surface area contributed by atoms with E-state index in [-0.39, 0.29) is 16.7 Å². The van der Waals surface area contributed by atoms with Crippen LogP contribution in [0.2, 0.25) is 0 Å². The number of aliphatic hydroxyl groups is 1. The van der Waals surface area contributed by atoms with Gasteiger partial charge in [-0.15, -0.1) is 0 Å². The highest BCUT2D eigenvalue weighted by atomic mass is 16.8. The van der Waals surface area contributed by atoms with Gasteiger partial charge in [-0.3, -0.25) is 9.53 Å². The summed E-state index contributed by atoms with van der Waals surface area (Å²) in [7, 11) is 0. The second-order valence-electron chi connectivity index (χ2n) is 6.64. The van der Waals surface area contributed by atoms with E-state index >= 15 is 0 Å². The maximum atomic E-state index is 11.7. The normalized spacial score (nSPS) is 14.8. The molecule has 158 valence electrons. The minimum atomic E-state index is -0.450. The Morgan fingerprint density at radius 2 is 2.00 bits per heavy atom. The molecule has 3 rings (SSSR count). The zero-order chi connectivity index (χ0) is 20.6. The summed E-state index contributed by atoms with van der Waals surface area (Å²) in [5, 5.41) is 24.3. The van der Waals surface area contributed by atoms with Crippen LogP contribution in [0.1, 0.15) is 19.0 Å². The van der Waals surface area contributed by atoms with E-state index < -0.39 is 6.61 Å². The number of carbonyl (C=O) groups is 1. The van der Waals surface area contributed by atoms with Gasteiger partial charge < -0.3 is 24.7 Å². The van der Waals surface area contributed by atoms with Gasteiger partial charge in [0.1, 0.15) is 12.4 Å². The Kier molecular flexibility index (Phi) is 7.25. The van der Waals surface area contributed by atoms with Crippen LogP contribution in [0.15, 0.2) is 28.9 Å². The molecule has 1 aromatic heterocycles. The lowest BCUT2D eigenvalue weighted by atomic mass is 10.1. The first-order chi connectivity index (χ1) is 14.1. The first kappa shape index (κ1) is 20.9. The third-order valence-electron chi connectivity index (χ3n) is 4.76. The van der Waals surface area contributed by atoms with Crippen LogP contribution >= 0.6 is 0 Å². The summed E-state index contributed by atoms with van der Waals surface area (Å²) in [6.07, 6.45) is 0.635. The number of carbonyl (C=O) groups excluding carboxylic acids is 1. The molecule has 2 aromatic rings. The Hall–Kier alpha value is -2.85. The molecular formula is C19H26N4O6. The van der Waals surface area contributed by atoms with Crippen molar-refractivity contribution in [3.8, 4) is 17.0 Å². The van der Waals surface area contributed by atoms with Gasteiger partial charge in [0.05, 0.1) is 13.2 Å². The molecule has 29 heavy (non-hydrogen) atoms. The van der Waals surface area contributed by atoms with E-state index in [0.717, 1.165) is 26.1 Å². The van der Waals surface area contributed by atoms with Crippen molar-refractivity contribution in [3.63, 3.8) is 0 Å². The van der Waals surface area contributed by atoms with Crippen molar-refractivity contribution in [2.24, 2.45) is 0 Å². The van der Waals surface area contributed by atoms with Gasteiger partial charge in [-0.25, -0.2) is 4.79 Å². The van der Waals surface area contributed by atoms with Crippen LogP contribution in [0, 0.1) is 5.21 Å². The zero-order valence-corrected chi connectivity index (χ0v) is 16.5. The highest BCUT2D eigenvalue weighted by Gasteiger charge is 2.22. The molecule has 1 aliphatic rings. The third kappa shape index (κ3) is 5.36. The van der Waals surface area contributed by atoms with Crippen LogP contribution in [0.5, 0.6) is 5.75 Å². The fourth-order valence-electron chi connectivity index (χ4n) is 3.17. The molecule has 2 heterocycles. The average molecular weight is 406 g/mol. The summed E-state index contributed by atoms with van der Waals surface area (Å²) < 4.78 is 15.3. The molecule has 0 atom stereocenters. The zero-order valence-electron chi connectivity index (χ0n) is 16.5. The van der Waals surface area contributed by atoms with Crippen LogP contribution < -0.4 is 9.64 Å². The standard InChI is InChI=1S/C19H26N4O6/c1-2-27-19(25)22-11-9-21(10-12-22)8-3-13-28-16-6-4-15(5-7-16)18-17(14-24)23(26)29-20-18/h4-7,24H,2-3,8-14H2,1H3. The molecular weight excluding hydrogens is 380 g/mol. The van der Waals surface area contributed by atoms with Crippen LogP contribution in [0.3, 0.4) is 0 Å². The lowest BCUT2D eigenvalue weighted by molar-refractivity contribution is -0.809. The second kappa shape index (κ2) is 10.1. The largest absolute Gasteiger partial charge is 0.494 e. The Morgan fingerprint density at radius 3 is 2.66 bits per heavy atom. The summed E-state index contributed by atoms with van der Waals surface area (Å²) >= 11 is 0. The molecule has 1 N–H and O–H groups in total. The Bertz CT molecular complexity index is 786. The van der Waals surface area contributed by atoms with Gasteiger partial charge in [0, 0.05) is 43.4 Å². The van der Waals surface area contributed by atoms with Crippen molar-refractivity contribution in [2.75, 3.05) is 45.9 Å². The minimum Gasteiger partial charge on any atom is -0.494 e. The highest BCUT2D eigenvalue weighted by molar-refractivity contribution is 5.67. The van der Waals surface area contributed by atoms with Gasteiger partial charge in [-0.05, 0) is 42.5 Å². The number of amides is 1. The van der Waals surface area contributed by atoms with Crippen LogP contribution in [-0.2, 0) is 11.3 Å². The molecule has 10 heteroatoms. The van der Waals surface area contributed by atoms with Crippen LogP contribution in [-0.4, -0.2) is 72.1 Å². The SMILES string of the molecule is CCOC(=O)N1CCN(CCCOc2ccc(-c3no[n+]([O-])c3CO)cc2)CC1. The van der Waals surface area contributed by atoms with Crippen molar-refractivity contribution in [2.45, 2.75) is 20.0 Å². The summed E-state index contributed by atoms with van der Waals surface area (Å²) in [4.78, 5) is 15.9. The predicted molar refractivity (Wildman–Crippen MR) is 102 cm³/mol. The van der Waals surface area contributed by atoms with Gasteiger partial charge >= 0.3 is 6.09 Å². The quantitative estimate of drug-likeness (QED) is 0.510. The van der Waals surface area contributed by atoms with E-state index in [1.54, 1.807) is 29.2 Å². The van der Waals surface area contributed by atoms with Crippen LogP contribution in [0.25, 0.3) is 11.3 Å². The molecule has 0 radical (unpaired) electrons. The maximum absolute atomic E-state index is 11.7. The summed E-state index contributed by atoms with van der Waals surface area (Å²) in [5.74, 6) is 0.713. The number of hydrogen-bond donors (Lipinski definition) is 1. The minimum absolute atomic E-state index is 0.0710. The molecule has 0 aliphatic carbocycles. The molecule has 1 fully saturated rings. The van der Waals surface area contributed by atoms with Gasteiger partial charge in [0.15, 0.2) is 0 Å². The first-order valence-corrected chi connectivity index (χ1v) is 9.69. The van der Waals surface area contributed by atoms with E-state index in [4.69, 9.17) is 9.47 Å². The second-order valence-corrected chi connectivity index (χ2v) is 6.64. The predicted octanol–water partition coefficient (Wildman–Crippen LogP) is 1.01. The number of benzene rings is 1. The molecule has 0 bridgehead atoms. The topological polar surface area (TPSA) is 115 Å². The molecule has 0 saturated carbocycles. The average Bonchev–Trinajstić information content (AvgIpc) is 3.12. The van der Waals surface area contributed by atoms with Crippen molar-refractivity contribution >= 4 is 6.09 Å². The number of aromatic nitrogens is 2. The highest BCUT2D eigenvalue weighted by Crippen LogP contribution is 2.22.